The second-order valence-electron chi connectivity index (χ2n) is 8.37. The lowest BCUT2D eigenvalue weighted by atomic mass is 10.0. The van der Waals surface area contributed by atoms with Crippen molar-refractivity contribution in [2.24, 2.45) is 5.92 Å². The molecule has 0 spiro atoms. The molecular weight excluding hydrogens is 438 g/mol. The first-order chi connectivity index (χ1) is 16.2. The van der Waals surface area contributed by atoms with Gasteiger partial charge in [-0.2, -0.15) is 0 Å². The van der Waals surface area contributed by atoms with Crippen LogP contribution in [0.3, 0.4) is 0 Å². The number of hydrogen-bond donors (Lipinski definition) is 2. The summed E-state index contributed by atoms with van der Waals surface area (Å²) in [4.78, 5) is 51.8. The number of carbonyl (C=O) groups is 4. The number of rotatable bonds is 7. The topological polar surface area (TPSA) is 114 Å². The van der Waals surface area contributed by atoms with Crippen LogP contribution in [0, 0.1) is 12.8 Å². The number of esters is 1. The van der Waals surface area contributed by atoms with Gasteiger partial charge in [0.05, 0.1) is 12.2 Å². The van der Waals surface area contributed by atoms with Gasteiger partial charge in [0, 0.05) is 12.6 Å². The van der Waals surface area contributed by atoms with E-state index in [9.17, 15) is 19.2 Å². The van der Waals surface area contributed by atoms with E-state index in [1.54, 1.807) is 56.3 Å². The molecular formula is C25H29N3O6. The molecule has 9 heteroatoms. The molecule has 34 heavy (non-hydrogen) atoms. The van der Waals surface area contributed by atoms with Crippen molar-refractivity contribution >= 4 is 29.4 Å². The van der Waals surface area contributed by atoms with E-state index < -0.39 is 36.5 Å². The van der Waals surface area contributed by atoms with Gasteiger partial charge in [-0.25, -0.2) is 4.79 Å². The standard InChI is InChI=1S/C25H29N3O6/c1-15(2)22(27-23(30)17-9-7-8-16(3)12-17)25(32)33-14-21(29)28-13-20(24(31)26-4)34-19-11-6-5-10-18(19)28/h5-12,15,20,22H,13-14H2,1-4H3,(H,26,31)(H,27,30)/t20?,22-/m0/s1. The highest BCUT2D eigenvalue weighted by molar-refractivity contribution is 6.00. The van der Waals surface area contributed by atoms with Gasteiger partial charge < -0.3 is 25.0 Å². The average molecular weight is 468 g/mol. The molecule has 0 aromatic heterocycles. The molecule has 1 heterocycles. The van der Waals surface area contributed by atoms with Gasteiger partial charge in [0.15, 0.2) is 12.7 Å². The summed E-state index contributed by atoms with van der Waals surface area (Å²) in [5, 5.41) is 5.21. The van der Waals surface area contributed by atoms with Gasteiger partial charge in [-0.1, -0.05) is 43.7 Å². The zero-order valence-corrected chi connectivity index (χ0v) is 19.7. The van der Waals surface area contributed by atoms with E-state index >= 15 is 0 Å². The lowest BCUT2D eigenvalue weighted by molar-refractivity contribution is -0.151. The Morgan fingerprint density at radius 2 is 1.85 bits per heavy atom. The molecule has 0 fully saturated rings. The molecule has 3 rings (SSSR count). The van der Waals surface area contributed by atoms with E-state index in [-0.39, 0.29) is 18.4 Å². The van der Waals surface area contributed by atoms with Crippen LogP contribution in [0.4, 0.5) is 5.69 Å². The number of nitrogens with one attached hydrogen (secondary N) is 2. The normalized spacial score (nSPS) is 15.6. The Morgan fingerprint density at radius 1 is 1.12 bits per heavy atom. The molecule has 2 N–H and O–H groups in total. The van der Waals surface area contributed by atoms with Gasteiger partial charge in [0.25, 0.3) is 17.7 Å². The van der Waals surface area contributed by atoms with Crippen molar-refractivity contribution < 1.29 is 28.7 Å². The van der Waals surface area contributed by atoms with E-state index in [1.165, 1.54) is 11.9 Å². The van der Waals surface area contributed by atoms with Crippen molar-refractivity contribution in [3.05, 3.63) is 59.7 Å². The number of likely N-dealkylation sites (N-methyl/N-ethyl adjacent to an activating group) is 1. The number of ether oxygens (including phenoxy) is 2. The van der Waals surface area contributed by atoms with Crippen molar-refractivity contribution in [1.29, 1.82) is 0 Å². The van der Waals surface area contributed by atoms with E-state index in [1.807, 2.05) is 13.0 Å². The molecule has 1 aliphatic rings. The molecule has 9 nitrogen and oxygen atoms in total. The fourth-order valence-electron chi connectivity index (χ4n) is 3.58. The maximum absolute atomic E-state index is 13.0. The number of aryl methyl sites for hydroxylation is 1. The molecule has 2 aromatic carbocycles. The second kappa shape index (κ2) is 10.8. The quantitative estimate of drug-likeness (QED) is 0.601. The van der Waals surface area contributed by atoms with Gasteiger partial charge in [0.1, 0.15) is 11.8 Å². The first-order valence-electron chi connectivity index (χ1n) is 11.0. The summed E-state index contributed by atoms with van der Waals surface area (Å²) >= 11 is 0. The van der Waals surface area contributed by atoms with Gasteiger partial charge in [-0.3, -0.25) is 14.4 Å². The molecule has 2 atom stereocenters. The van der Waals surface area contributed by atoms with Crippen LogP contribution in [0.25, 0.3) is 0 Å². The Balaban J connectivity index is 1.68. The average Bonchev–Trinajstić information content (AvgIpc) is 2.83. The van der Waals surface area contributed by atoms with Crippen molar-refractivity contribution in [3.63, 3.8) is 0 Å². The van der Waals surface area contributed by atoms with Gasteiger partial charge in [0.2, 0.25) is 0 Å². The van der Waals surface area contributed by atoms with Gasteiger partial charge >= 0.3 is 5.97 Å². The van der Waals surface area contributed by atoms with Crippen LogP contribution in [-0.4, -0.2) is 56.0 Å². The fourth-order valence-corrected chi connectivity index (χ4v) is 3.58. The Hall–Kier alpha value is -3.88. The van der Waals surface area contributed by atoms with Gasteiger partial charge in [-0.15, -0.1) is 0 Å². The van der Waals surface area contributed by atoms with Crippen molar-refractivity contribution in [1.82, 2.24) is 10.6 Å². The molecule has 1 aliphatic heterocycles. The Kier molecular flexibility index (Phi) is 7.88. The minimum atomic E-state index is -0.934. The summed E-state index contributed by atoms with van der Waals surface area (Å²) in [6, 6.07) is 12.9. The summed E-state index contributed by atoms with van der Waals surface area (Å²) < 4.78 is 11.0. The minimum Gasteiger partial charge on any atom is -0.477 e. The second-order valence-corrected chi connectivity index (χ2v) is 8.37. The van der Waals surface area contributed by atoms with Crippen LogP contribution in [0.2, 0.25) is 0 Å². The number of amides is 3. The summed E-state index contributed by atoms with van der Waals surface area (Å²) in [5.74, 6) is -1.88. The predicted octanol–water partition coefficient (Wildman–Crippen LogP) is 1.83. The van der Waals surface area contributed by atoms with Crippen LogP contribution < -0.4 is 20.3 Å². The Morgan fingerprint density at radius 3 is 2.53 bits per heavy atom. The number of fused-ring (bicyclic) bond motifs is 1. The van der Waals surface area contributed by atoms with Crippen LogP contribution in [0.15, 0.2) is 48.5 Å². The van der Waals surface area contributed by atoms with Crippen LogP contribution in [0.1, 0.15) is 29.8 Å². The fraction of sp³-hybridized carbons (Fsp3) is 0.360. The number of carbonyl (C=O) groups excluding carboxylic acids is 4. The van der Waals surface area contributed by atoms with Crippen LogP contribution in [0.5, 0.6) is 5.75 Å². The molecule has 3 amide bonds. The highest BCUT2D eigenvalue weighted by Crippen LogP contribution is 2.33. The Labute approximate surface area is 198 Å². The SMILES string of the molecule is CNC(=O)C1CN(C(=O)COC(=O)[C@@H](NC(=O)c2cccc(C)c2)C(C)C)c2ccccc2O1. The largest absolute Gasteiger partial charge is 0.477 e. The summed E-state index contributed by atoms with van der Waals surface area (Å²) in [6.07, 6.45) is -0.892. The molecule has 0 saturated heterocycles. The summed E-state index contributed by atoms with van der Waals surface area (Å²) in [7, 11) is 1.48. The van der Waals surface area contributed by atoms with Crippen molar-refractivity contribution in [2.45, 2.75) is 32.9 Å². The molecule has 180 valence electrons. The molecule has 2 aromatic rings. The number of nitrogens with zero attached hydrogens (tertiary/aromatic N) is 1. The summed E-state index contributed by atoms with van der Waals surface area (Å²) in [6.45, 7) is 4.85. The molecule has 0 saturated carbocycles. The zero-order chi connectivity index (χ0) is 24.8. The number of benzene rings is 2. The van der Waals surface area contributed by atoms with E-state index in [4.69, 9.17) is 9.47 Å². The monoisotopic (exact) mass is 467 g/mol. The number of anilines is 1. The van der Waals surface area contributed by atoms with Gasteiger partial charge in [-0.05, 0) is 37.1 Å². The van der Waals surface area contributed by atoms with E-state index in [2.05, 4.69) is 10.6 Å². The third-order valence-electron chi connectivity index (χ3n) is 5.44. The predicted molar refractivity (Wildman–Crippen MR) is 126 cm³/mol. The smallest absolute Gasteiger partial charge is 0.329 e. The number of para-hydroxylation sites is 2. The maximum atomic E-state index is 13.0. The zero-order valence-electron chi connectivity index (χ0n) is 19.7. The van der Waals surface area contributed by atoms with Crippen LogP contribution >= 0.6 is 0 Å². The maximum Gasteiger partial charge on any atom is 0.329 e. The highest BCUT2D eigenvalue weighted by Gasteiger charge is 2.34. The Bertz CT molecular complexity index is 1080. The number of hydrogen-bond acceptors (Lipinski definition) is 6. The lowest BCUT2D eigenvalue weighted by Crippen LogP contribution is -2.51. The highest BCUT2D eigenvalue weighted by atomic mass is 16.5. The molecule has 0 bridgehead atoms. The molecule has 0 radical (unpaired) electrons. The molecule has 1 unspecified atom stereocenters. The van der Waals surface area contributed by atoms with Crippen LogP contribution in [-0.2, 0) is 19.1 Å². The van der Waals surface area contributed by atoms with E-state index in [0.29, 0.717) is 17.0 Å². The third-order valence-corrected chi connectivity index (χ3v) is 5.44. The molecule has 0 aliphatic carbocycles. The third kappa shape index (κ3) is 5.72. The first kappa shape index (κ1) is 24.8. The van der Waals surface area contributed by atoms with Crippen molar-refractivity contribution in [3.8, 4) is 5.75 Å². The minimum absolute atomic E-state index is 0.0230. The lowest BCUT2D eigenvalue weighted by Gasteiger charge is -2.34. The van der Waals surface area contributed by atoms with E-state index in [0.717, 1.165) is 5.56 Å². The van der Waals surface area contributed by atoms with Crippen molar-refractivity contribution in [2.75, 3.05) is 25.1 Å². The first-order valence-corrected chi connectivity index (χ1v) is 11.0. The summed E-state index contributed by atoms with van der Waals surface area (Å²) in [5.41, 5.74) is 1.83.